The third-order valence-electron chi connectivity index (χ3n) is 4.54. The van der Waals surface area contributed by atoms with Crippen LogP contribution in [0.5, 0.6) is 0 Å². The summed E-state index contributed by atoms with van der Waals surface area (Å²) in [5.74, 6) is -0.523. The molecule has 6 nitrogen and oxygen atoms in total. The molecule has 1 heterocycles. The summed E-state index contributed by atoms with van der Waals surface area (Å²) in [6.45, 7) is 2.72. The smallest absolute Gasteiger partial charge is 0.251 e. The quantitative estimate of drug-likeness (QED) is 0.824. The van der Waals surface area contributed by atoms with Crippen LogP contribution in [0.1, 0.15) is 35.7 Å². The van der Waals surface area contributed by atoms with Gasteiger partial charge in [-0.25, -0.2) is 0 Å². The topological polar surface area (TPSA) is 78.5 Å². The lowest BCUT2D eigenvalue weighted by atomic mass is 10.1. The van der Waals surface area contributed by atoms with Crippen LogP contribution < -0.4 is 15.5 Å². The van der Waals surface area contributed by atoms with Crippen molar-refractivity contribution < 1.29 is 14.4 Å². The third kappa shape index (κ3) is 4.73. The number of carbonyl (C=O) groups excluding carboxylic acids is 3. The SMILES string of the molecule is CC(NC(=O)c1cccc(N2CCCC2=O)c1)C(=O)NCc1ccccc1. The van der Waals surface area contributed by atoms with E-state index < -0.39 is 6.04 Å². The van der Waals surface area contributed by atoms with E-state index in [4.69, 9.17) is 0 Å². The van der Waals surface area contributed by atoms with Gasteiger partial charge in [0.25, 0.3) is 5.91 Å². The number of rotatable bonds is 6. The predicted octanol–water partition coefficient (Wildman–Crippen LogP) is 2.25. The van der Waals surface area contributed by atoms with Crippen LogP contribution in [0, 0.1) is 0 Å². The molecule has 3 rings (SSSR count). The zero-order valence-corrected chi connectivity index (χ0v) is 15.3. The van der Waals surface area contributed by atoms with Crippen molar-refractivity contribution in [2.45, 2.75) is 32.4 Å². The van der Waals surface area contributed by atoms with Gasteiger partial charge in [-0.15, -0.1) is 0 Å². The van der Waals surface area contributed by atoms with Gasteiger partial charge in [-0.05, 0) is 37.1 Å². The maximum Gasteiger partial charge on any atom is 0.251 e. The monoisotopic (exact) mass is 365 g/mol. The fraction of sp³-hybridized carbons (Fsp3) is 0.286. The summed E-state index contributed by atoms with van der Waals surface area (Å²) in [5, 5.41) is 5.52. The number of amides is 3. The molecule has 1 aliphatic rings. The highest BCUT2D eigenvalue weighted by molar-refractivity contribution is 6.00. The van der Waals surface area contributed by atoms with E-state index in [9.17, 15) is 14.4 Å². The molecule has 27 heavy (non-hydrogen) atoms. The van der Waals surface area contributed by atoms with Gasteiger partial charge in [0.15, 0.2) is 0 Å². The van der Waals surface area contributed by atoms with Crippen molar-refractivity contribution in [2.24, 2.45) is 0 Å². The van der Waals surface area contributed by atoms with Gasteiger partial charge in [0.1, 0.15) is 6.04 Å². The minimum atomic E-state index is -0.668. The van der Waals surface area contributed by atoms with Gasteiger partial charge in [0.2, 0.25) is 11.8 Å². The van der Waals surface area contributed by atoms with Gasteiger partial charge in [-0.1, -0.05) is 36.4 Å². The van der Waals surface area contributed by atoms with Gasteiger partial charge >= 0.3 is 0 Å². The van der Waals surface area contributed by atoms with Crippen LogP contribution in [0.25, 0.3) is 0 Å². The zero-order valence-electron chi connectivity index (χ0n) is 15.3. The van der Waals surface area contributed by atoms with Crippen LogP contribution in [-0.2, 0) is 16.1 Å². The molecular formula is C21H23N3O3. The summed E-state index contributed by atoms with van der Waals surface area (Å²) in [4.78, 5) is 38.3. The lowest BCUT2D eigenvalue weighted by Crippen LogP contribution is -2.44. The standard InChI is InChI=1S/C21H23N3O3/c1-15(20(26)22-14-16-7-3-2-4-8-16)23-21(27)17-9-5-10-18(13-17)24-12-6-11-19(24)25/h2-5,7-10,13,15H,6,11-12,14H2,1H3,(H,22,26)(H,23,27). The molecule has 0 radical (unpaired) electrons. The molecule has 0 bridgehead atoms. The Morgan fingerprint density at radius 3 is 2.59 bits per heavy atom. The Balaban J connectivity index is 1.57. The largest absolute Gasteiger partial charge is 0.350 e. The summed E-state index contributed by atoms with van der Waals surface area (Å²) < 4.78 is 0. The number of nitrogens with zero attached hydrogens (tertiary/aromatic N) is 1. The van der Waals surface area contributed by atoms with Crippen molar-refractivity contribution in [1.82, 2.24) is 10.6 Å². The van der Waals surface area contributed by atoms with Gasteiger partial charge < -0.3 is 15.5 Å². The van der Waals surface area contributed by atoms with Crippen molar-refractivity contribution in [3.63, 3.8) is 0 Å². The van der Waals surface area contributed by atoms with E-state index >= 15 is 0 Å². The van der Waals surface area contributed by atoms with Crippen molar-refractivity contribution >= 4 is 23.4 Å². The summed E-state index contributed by atoms with van der Waals surface area (Å²) in [5.41, 5.74) is 2.13. The van der Waals surface area contributed by atoms with E-state index in [0.717, 1.165) is 12.0 Å². The molecule has 2 aromatic carbocycles. The second-order valence-electron chi connectivity index (χ2n) is 6.60. The number of hydrogen-bond acceptors (Lipinski definition) is 3. The summed E-state index contributed by atoms with van der Waals surface area (Å²) in [6, 6.07) is 15.8. The van der Waals surface area contributed by atoms with Crippen molar-refractivity contribution in [3.05, 3.63) is 65.7 Å². The molecule has 0 saturated carbocycles. The van der Waals surface area contributed by atoms with Crippen molar-refractivity contribution in [2.75, 3.05) is 11.4 Å². The van der Waals surface area contributed by atoms with Crippen LogP contribution in [0.4, 0.5) is 5.69 Å². The summed E-state index contributed by atoms with van der Waals surface area (Å²) in [6.07, 6.45) is 1.36. The van der Waals surface area contributed by atoms with Gasteiger partial charge in [0.05, 0.1) is 0 Å². The van der Waals surface area contributed by atoms with E-state index in [1.54, 1.807) is 30.0 Å². The first-order chi connectivity index (χ1) is 13.0. The fourth-order valence-corrected chi connectivity index (χ4v) is 3.02. The van der Waals surface area contributed by atoms with Crippen LogP contribution >= 0.6 is 0 Å². The van der Waals surface area contributed by atoms with E-state index in [-0.39, 0.29) is 17.7 Å². The number of carbonyl (C=O) groups is 3. The molecule has 1 aliphatic heterocycles. The average Bonchev–Trinajstić information content (AvgIpc) is 3.13. The van der Waals surface area contributed by atoms with E-state index in [1.807, 2.05) is 36.4 Å². The number of anilines is 1. The Hall–Kier alpha value is -3.15. The fourth-order valence-electron chi connectivity index (χ4n) is 3.02. The van der Waals surface area contributed by atoms with Gasteiger partial charge in [-0.2, -0.15) is 0 Å². The summed E-state index contributed by atoms with van der Waals surface area (Å²) in [7, 11) is 0. The molecule has 3 amide bonds. The highest BCUT2D eigenvalue weighted by Crippen LogP contribution is 2.22. The average molecular weight is 365 g/mol. The van der Waals surface area contributed by atoms with Crippen LogP contribution in [0.3, 0.4) is 0 Å². The van der Waals surface area contributed by atoms with Gasteiger partial charge in [0, 0.05) is 30.8 Å². The third-order valence-corrected chi connectivity index (χ3v) is 4.54. The Morgan fingerprint density at radius 1 is 1.11 bits per heavy atom. The first kappa shape index (κ1) is 18.6. The number of nitrogens with one attached hydrogen (secondary N) is 2. The van der Waals surface area contributed by atoms with E-state index in [1.165, 1.54) is 0 Å². The Bertz CT molecular complexity index is 836. The summed E-state index contributed by atoms with van der Waals surface area (Å²) >= 11 is 0. The van der Waals surface area contributed by atoms with Gasteiger partial charge in [-0.3, -0.25) is 14.4 Å². The van der Waals surface area contributed by atoms with Crippen molar-refractivity contribution in [3.8, 4) is 0 Å². The molecule has 2 N–H and O–H groups in total. The zero-order chi connectivity index (χ0) is 19.2. The van der Waals surface area contributed by atoms with E-state index in [0.29, 0.717) is 30.8 Å². The highest BCUT2D eigenvalue weighted by atomic mass is 16.2. The molecule has 140 valence electrons. The lowest BCUT2D eigenvalue weighted by molar-refractivity contribution is -0.122. The molecule has 0 spiro atoms. The van der Waals surface area contributed by atoms with Crippen LogP contribution in [0.2, 0.25) is 0 Å². The molecule has 2 aromatic rings. The number of hydrogen-bond donors (Lipinski definition) is 2. The Kier molecular flexibility index (Phi) is 5.86. The molecule has 0 aromatic heterocycles. The van der Waals surface area contributed by atoms with E-state index in [2.05, 4.69) is 10.6 Å². The maximum atomic E-state index is 12.5. The molecule has 1 atom stereocenters. The first-order valence-corrected chi connectivity index (χ1v) is 9.07. The van der Waals surface area contributed by atoms with Crippen molar-refractivity contribution in [1.29, 1.82) is 0 Å². The normalized spacial score (nSPS) is 14.7. The number of benzene rings is 2. The lowest BCUT2D eigenvalue weighted by Gasteiger charge is -2.17. The minimum Gasteiger partial charge on any atom is -0.350 e. The minimum absolute atomic E-state index is 0.0706. The van der Waals surface area contributed by atoms with Crippen LogP contribution in [0.15, 0.2) is 54.6 Å². The Labute approximate surface area is 158 Å². The first-order valence-electron chi connectivity index (χ1n) is 9.07. The molecular weight excluding hydrogens is 342 g/mol. The molecule has 6 heteroatoms. The Morgan fingerprint density at radius 2 is 1.89 bits per heavy atom. The second kappa shape index (κ2) is 8.49. The second-order valence-corrected chi connectivity index (χ2v) is 6.60. The van der Waals surface area contributed by atoms with Crippen LogP contribution in [-0.4, -0.2) is 30.3 Å². The molecule has 0 aliphatic carbocycles. The molecule has 1 saturated heterocycles. The highest BCUT2D eigenvalue weighted by Gasteiger charge is 2.23. The predicted molar refractivity (Wildman–Crippen MR) is 103 cm³/mol. The molecule has 1 unspecified atom stereocenters. The maximum absolute atomic E-state index is 12.5. The molecule has 1 fully saturated rings.